The maximum Gasteiger partial charge on any atom is 0.161 e. The van der Waals surface area contributed by atoms with Crippen molar-refractivity contribution in [2.45, 2.75) is 52.9 Å². The van der Waals surface area contributed by atoms with Crippen LogP contribution in [0.5, 0.6) is 0 Å². The van der Waals surface area contributed by atoms with E-state index in [0.717, 1.165) is 46.9 Å². The Labute approximate surface area is 161 Å². The Morgan fingerprint density at radius 3 is 2.63 bits per heavy atom. The van der Waals surface area contributed by atoms with Gasteiger partial charge in [-0.1, -0.05) is 41.5 Å². The third-order valence-corrected chi connectivity index (χ3v) is 5.41. The third kappa shape index (κ3) is 3.75. The van der Waals surface area contributed by atoms with Crippen LogP contribution in [-0.2, 0) is 0 Å². The largest absolute Gasteiger partial charge is 0.370 e. The average molecular weight is 361 g/mol. The van der Waals surface area contributed by atoms with Crippen LogP contribution in [0.2, 0.25) is 0 Å². The Morgan fingerprint density at radius 2 is 1.89 bits per heavy atom. The molecule has 0 radical (unpaired) electrons. The van der Waals surface area contributed by atoms with Gasteiger partial charge in [-0.2, -0.15) is 9.61 Å². The highest BCUT2D eigenvalue weighted by atomic mass is 15.3. The van der Waals surface area contributed by atoms with Crippen LogP contribution in [0, 0.1) is 20.8 Å². The second kappa shape index (κ2) is 7.55. The number of nitrogens with one attached hydrogen (secondary N) is 1. The van der Waals surface area contributed by atoms with Crippen LogP contribution >= 0.6 is 0 Å². The highest BCUT2D eigenvalue weighted by Gasteiger charge is 2.15. The molecule has 0 bridgehead atoms. The predicted molar refractivity (Wildman–Crippen MR) is 112 cm³/mol. The number of aromatic nitrogens is 3. The first-order valence-electron chi connectivity index (χ1n) is 9.97. The highest BCUT2D eigenvalue weighted by molar-refractivity contribution is 5.71. The summed E-state index contributed by atoms with van der Waals surface area (Å²) in [6, 6.07) is 10.6. The van der Waals surface area contributed by atoms with Crippen molar-refractivity contribution in [3.63, 3.8) is 0 Å². The molecule has 4 nitrogen and oxygen atoms in total. The Kier molecular flexibility index (Phi) is 4.97. The highest BCUT2D eigenvalue weighted by Crippen LogP contribution is 2.27. The van der Waals surface area contributed by atoms with E-state index in [1.807, 2.05) is 11.4 Å². The molecular formula is C23H28N4. The van der Waals surface area contributed by atoms with Crippen molar-refractivity contribution < 1.29 is 0 Å². The zero-order valence-corrected chi connectivity index (χ0v) is 16.5. The second-order valence-corrected chi connectivity index (χ2v) is 7.64. The molecule has 3 aromatic rings. The second-order valence-electron chi connectivity index (χ2n) is 7.64. The Morgan fingerprint density at radius 1 is 1.07 bits per heavy atom. The van der Waals surface area contributed by atoms with Gasteiger partial charge in [-0.25, -0.2) is 4.98 Å². The van der Waals surface area contributed by atoms with Crippen molar-refractivity contribution in [1.82, 2.24) is 14.6 Å². The maximum atomic E-state index is 4.90. The first-order chi connectivity index (χ1) is 13.1. The number of anilines is 1. The summed E-state index contributed by atoms with van der Waals surface area (Å²) in [4.78, 5) is 4.75. The van der Waals surface area contributed by atoms with E-state index in [9.17, 15) is 0 Å². The molecule has 4 rings (SSSR count). The first kappa shape index (κ1) is 17.8. The van der Waals surface area contributed by atoms with Gasteiger partial charge in [-0.3, -0.25) is 0 Å². The van der Waals surface area contributed by atoms with Gasteiger partial charge < -0.3 is 5.32 Å². The topological polar surface area (TPSA) is 42.2 Å². The van der Waals surface area contributed by atoms with Gasteiger partial charge in [-0.15, -0.1) is 0 Å². The van der Waals surface area contributed by atoms with Gasteiger partial charge in [0.05, 0.1) is 5.69 Å². The summed E-state index contributed by atoms with van der Waals surface area (Å²) in [5, 5.41) is 8.49. The quantitative estimate of drug-likeness (QED) is 0.600. The molecule has 27 heavy (non-hydrogen) atoms. The van der Waals surface area contributed by atoms with E-state index in [1.165, 1.54) is 31.2 Å². The number of hydrogen-bond donors (Lipinski definition) is 1. The van der Waals surface area contributed by atoms with E-state index < -0.39 is 0 Å². The molecule has 1 N–H and O–H groups in total. The molecule has 0 aliphatic heterocycles. The lowest BCUT2D eigenvalue weighted by molar-refractivity contribution is 0.679. The number of hydrogen-bond acceptors (Lipinski definition) is 3. The smallest absolute Gasteiger partial charge is 0.161 e. The lowest BCUT2D eigenvalue weighted by atomic mass is 9.97. The van der Waals surface area contributed by atoms with Gasteiger partial charge in [0.1, 0.15) is 5.82 Å². The van der Waals surface area contributed by atoms with Crippen molar-refractivity contribution >= 4 is 11.5 Å². The summed E-state index contributed by atoms with van der Waals surface area (Å²) in [7, 11) is 0. The molecule has 0 spiro atoms. The van der Waals surface area contributed by atoms with Gasteiger partial charge in [0.25, 0.3) is 0 Å². The van der Waals surface area contributed by atoms with Gasteiger partial charge in [-0.05, 0) is 52.9 Å². The molecule has 0 saturated heterocycles. The fraction of sp³-hybridized carbons (Fsp3) is 0.391. The summed E-state index contributed by atoms with van der Waals surface area (Å²) in [6.45, 7) is 7.20. The minimum absolute atomic E-state index is 0.934. The number of fused-ring (bicyclic) bond motifs is 1. The molecule has 0 saturated carbocycles. The van der Waals surface area contributed by atoms with Crippen LogP contribution in [0.3, 0.4) is 0 Å². The molecule has 1 aliphatic rings. The molecule has 0 fully saturated rings. The van der Waals surface area contributed by atoms with Crippen LogP contribution in [0.4, 0.5) is 5.82 Å². The molecule has 0 amide bonds. The lowest BCUT2D eigenvalue weighted by Crippen LogP contribution is -2.09. The summed E-state index contributed by atoms with van der Waals surface area (Å²) in [6.07, 6.45) is 8.70. The Hall–Kier alpha value is -2.62. The molecule has 1 aliphatic carbocycles. The third-order valence-electron chi connectivity index (χ3n) is 5.41. The number of benzene rings is 1. The molecule has 0 unspecified atom stereocenters. The molecular weight excluding hydrogens is 332 g/mol. The van der Waals surface area contributed by atoms with Crippen LogP contribution in [0.25, 0.3) is 16.9 Å². The minimum Gasteiger partial charge on any atom is -0.370 e. The van der Waals surface area contributed by atoms with Crippen LogP contribution in [0.15, 0.2) is 42.0 Å². The average Bonchev–Trinajstić information content (AvgIpc) is 3.00. The summed E-state index contributed by atoms with van der Waals surface area (Å²) >= 11 is 0. The van der Waals surface area contributed by atoms with Gasteiger partial charge >= 0.3 is 0 Å². The first-order valence-corrected chi connectivity index (χ1v) is 9.97. The van der Waals surface area contributed by atoms with Gasteiger partial charge in [0.2, 0.25) is 0 Å². The van der Waals surface area contributed by atoms with Crippen LogP contribution < -0.4 is 5.32 Å². The van der Waals surface area contributed by atoms with Gasteiger partial charge in [0, 0.05) is 29.4 Å². The van der Waals surface area contributed by atoms with Crippen molar-refractivity contribution in [3.05, 3.63) is 58.8 Å². The van der Waals surface area contributed by atoms with E-state index in [0.29, 0.717) is 0 Å². The number of allylic oxidation sites excluding steroid dienone is 1. The monoisotopic (exact) mass is 360 g/mol. The normalized spacial score (nSPS) is 14.4. The summed E-state index contributed by atoms with van der Waals surface area (Å²) < 4.78 is 1.97. The van der Waals surface area contributed by atoms with E-state index in [4.69, 9.17) is 10.1 Å². The SMILES string of the molecule is Cc1ccc(-c2nn3c(NCCC4=CCCCC4)cc(C)nc3c2C)cc1. The molecule has 2 heterocycles. The zero-order valence-electron chi connectivity index (χ0n) is 16.5. The van der Waals surface area contributed by atoms with Crippen molar-refractivity contribution in [2.24, 2.45) is 0 Å². The van der Waals surface area contributed by atoms with Crippen molar-refractivity contribution in [2.75, 3.05) is 11.9 Å². The molecule has 2 aromatic heterocycles. The van der Waals surface area contributed by atoms with Gasteiger partial charge in [0.15, 0.2) is 5.65 Å². The van der Waals surface area contributed by atoms with E-state index in [-0.39, 0.29) is 0 Å². The molecule has 4 heteroatoms. The molecule has 0 atom stereocenters. The Bertz CT molecular complexity index is 980. The summed E-state index contributed by atoms with van der Waals surface area (Å²) in [5.41, 5.74) is 8.07. The number of nitrogens with zero attached hydrogens (tertiary/aromatic N) is 3. The minimum atomic E-state index is 0.934. The lowest BCUT2D eigenvalue weighted by Gasteiger charge is -2.14. The van der Waals surface area contributed by atoms with Crippen LogP contribution in [-0.4, -0.2) is 21.1 Å². The zero-order chi connectivity index (χ0) is 18.8. The van der Waals surface area contributed by atoms with E-state index in [1.54, 1.807) is 5.57 Å². The van der Waals surface area contributed by atoms with E-state index in [2.05, 4.69) is 55.6 Å². The standard InChI is InChI=1S/C23H28N4/c1-16-9-11-20(12-10-16)22-18(3)23-25-17(2)15-21(27(23)26-22)24-14-13-19-7-5-4-6-8-19/h7,9-12,15,24H,4-6,8,13-14H2,1-3H3. The summed E-state index contributed by atoms with van der Waals surface area (Å²) in [5.74, 6) is 1.02. The molecule has 140 valence electrons. The number of aryl methyl sites for hydroxylation is 3. The molecule has 1 aromatic carbocycles. The van der Waals surface area contributed by atoms with Crippen molar-refractivity contribution in [3.8, 4) is 11.3 Å². The van der Waals surface area contributed by atoms with Crippen LogP contribution in [0.1, 0.15) is 48.9 Å². The predicted octanol–water partition coefficient (Wildman–Crippen LogP) is 5.62. The Balaban J connectivity index is 1.63. The maximum absolute atomic E-state index is 4.90. The fourth-order valence-corrected chi connectivity index (χ4v) is 3.84. The number of rotatable bonds is 5. The van der Waals surface area contributed by atoms with E-state index >= 15 is 0 Å². The van der Waals surface area contributed by atoms with Crippen molar-refractivity contribution in [1.29, 1.82) is 0 Å². The fourth-order valence-electron chi connectivity index (χ4n) is 3.84.